The number of imidazole rings is 1. The molecule has 0 unspecified atom stereocenters. The number of halogens is 4. The summed E-state index contributed by atoms with van der Waals surface area (Å²) < 4.78 is 55.9. The van der Waals surface area contributed by atoms with Gasteiger partial charge in [-0.2, -0.15) is 4.31 Å². The lowest BCUT2D eigenvalue weighted by Crippen LogP contribution is -2.42. The van der Waals surface area contributed by atoms with Crippen molar-refractivity contribution in [3.05, 3.63) is 76.6 Å². The number of nitrogen functional groups attached to an aromatic ring is 1. The molecule has 4 aromatic rings. The van der Waals surface area contributed by atoms with Gasteiger partial charge in [0.25, 0.3) is 0 Å². The fraction of sp³-hybridized carbons (Fsp3) is 0.240. The van der Waals surface area contributed by atoms with Gasteiger partial charge in [-0.25, -0.2) is 27.2 Å². The highest BCUT2D eigenvalue weighted by atomic mass is 35.5. The number of hydrogen-bond donors (Lipinski definition) is 3. The van der Waals surface area contributed by atoms with Crippen LogP contribution in [0.5, 0.6) is 0 Å². The van der Waals surface area contributed by atoms with E-state index in [1.165, 1.54) is 10.4 Å². The summed E-state index contributed by atoms with van der Waals surface area (Å²) >= 11 is 0.908. The SMILES string of the molecule is Cc1nc(-c2ccc(S(=O)(=O)N3CCC(Nc4nc(N)c(C(=O)c5c(F)cccc5F)s4)CC3)cc2)c[nH]1.Cl.Cl. The minimum atomic E-state index is -3.68. The van der Waals surface area contributed by atoms with Crippen LogP contribution in [0.15, 0.2) is 53.6 Å². The van der Waals surface area contributed by atoms with Crippen LogP contribution in [-0.2, 0) is 10.0 Å². The van der Waals surface area contributed by atoms with E-state index in [2.05, 4.69) is 20.3 Å². The summed E-state index contributed by atoms with van der Waals surface area (Å²) in [4.78, 5) is 24.4. The number of ketones is 1. The van der Waals surface area contributed by atoms with Crippen molar-refractivity contribution in [2.75, 3.05) is 24.1 Å². The fourth-order valence-electron chi connectivity index (χ4n) is 4.31. The average molecular weight is 632 g/mol. The number of sulfonamides is 1. The zero-order valence-corrected chi connectivity index (χ0v) is 24.3. The smallest absolute Gasteiger partial charge is 0.243 e. The second-order valence-corrected chi connectivity index (χ2v) is 11.8. The van der Waals surface area contributed by atoms with Gasteiger partial charge in [-0.1, -0.05) is 29.5 Å². The number of hydrogen-bond acceptors (Lipinski definition) is 8. The number of benzene rings is 2. The zero-order chi connectivity index (χ0) is 27.0. The molecule has 1 saturated heterocycles. The Morgan fingerprint density at radius 1 is 1.07 bits per heavy atom. The van der Waals surface area contributed by atoms with Crippen molar-refractivity contribution in [1.29, 1.82) is 0 Å². The normalized spacial score (nSPS) is 14.3. The summed E-state index contributed by atoms with van der Waals surface area (Å²) in [5.74, 6) is -2.18. The summed E-state index contributed by atoms with van der Waals surface area (Å²) in [6.45, 7) is 2.41. The number of H-pyrrole nitrogens is 1. The molecule has 3 heterocycles. The molecule has 0 bridgehead atoms. The topological polar surface area (TPSA) is 134 Å². The first-order chi connectivity index (χ1) is 18.1. The number of anilines is 2. The predicted octanol–water partition coefficient (Wildman–Crippen LogP) is 5.04. The molecule has 0 atom stereocenters. The van der Waals surface area contributed by atoms with Crippen LogP contribution in [0.4, 0.5) is 19.7 Å². The molecule has 4 N–H and O–H groups in total. The molecule has 15 heteroatoms. The Hall–Kier alpha value is -3.10. The van der Waals surface area contributed by atoms with Crippen molar-refractivity contribution >= 4 is 62.9 Å². The van der Waals surface area contributed by atoms with Gasteiger partial charge in [0.1, 0.15) is 28.2 Å². The molecule has 9 nitrogen and oxygen atoms in total. The van der Waals surface area contributed by atoms with Gasteiger partial charge in [-0.3, -0.25) is 4.79 Å². The second kappa shape index (κ2) is 12.6. The fourth-order valence-corrected chi connectivity index (χ4v) is 6.69. The summed E-state index contributed by atoms with van der Waals surface area (Å²) in [6.07, 6.45) is 2.76. The molecule has 5 rings (SSSR count). The molecule has 1 aliphatic rings. The number of nitrogens with zero attached hydrogens (tertiary/aromatic N) is 3. The van der Waals surface area contributed by atoms with Crippen LogP contribution in [0.3, 0.4) is 0 Å². The molecule has 1 aliphatic heterocycles. The highest BCUT2D eigenvalue weighted by Crippen LogP contribution is 2.31. The molecule has 0 aliphatic carbocycles. The Labute approximate surface area is 246 Å². The predicted molar refractivity (Wildman–Crippen MR) is 155 cm³/mol. The van der Waals surface area contributed by atoms with E-state index in [4.69, 9.17) is 5.73 Å². The molecule has 2 aromatic heterocycles. The van der Waals surface area contributed by atoms with Crippen molar-refractivity contribution in [3.8, 4) is 11.3 Å². The summed E-state index contributed by atoms with van der Waals surface area (Å²) in [6, 6.07) is 9.68. The molecule has 0 radical (unpaired) electrons. The van der Waals surface area contributed by atoms with Crippen molar-refractivity contribution in [3.63, 3.8) is 0 Å². The number of aromatic nitrogens is 3. The highest BCUT2D eigenvalue weighted by Gasteiger charge is 2.30. The van der Waals surface area contributed by atoms with Gasteiger partial charge in [-0.05, 0) is 44.0 Å². The number of rotatable bonds is 7. The van der Waals surface area contributed by atoms with Gasteiger partial charge in [0.2, 0.25) is 15.8 Å². The molecule has 0 saturated carbocycles. The van der Waals surface area contributed by atoms with Crippen LogP contribution in [-0.4, -0.2) is 52.6 Å². The first-order valence-electron chi connectivity index (χ1n) is 11.8. The van der Waals surface area contributed by atoms with Crippen molar-refractivity contribution in [2.45, 2.75) is 30.7 Å². The largest absolute Gasteiger partial charge is 0.382 e. The third kappa shape index (κ3) is 6.28. The number of carbonyl (C=O) groups is 1. The van der Waals surface area contributed by atoms with E-state index in [1.54, 1.807) is 30.5 Å². The van der Waals surface area contributed by atoms with Crippen LogP contribution in [0, 0.1) is 18.6 Å². The van der Waals surface area contributed by atoms with E-state index in [-0.39, 0.29) is 59.5 Å². The maximum Gasteiger partial charge on any atom is 0.243 e. The third-order valence-corrected chi connectivity index (χ3v) is 9.24. The second-order valence-electron chi connectivity index (χ2n) is 8.88. The molecule has 0 amide bonds. The minimum Gasteiger partial charge on any atom is -0.382 e. The Morgan fingerprint density at radius 2 is 1.70 bits per heavy atom. The summed E-state index contributed by atoms with van der Waals surface area (Å²) in [5.41, 5.74) is 6.75. The van der Waals surface area contributed by atoms with Crippen LogP contribution in [0.25, 0.3) is 11.3 Å². The molecule has 2 aromatic carbocycles. The van der Waals surface area contributed by atoms with Crippen molar-refractivity contribution < 1.29 is 22.0 Å². The van der Waals surface area contributed by atoms with Gasteiger partial charge >= 0.3 is 0 Å². The lowest BCUT2D eigenvalue weighted by atomic mass is 10.1. The molecular formula is C25H26Cl2F2N6O3S2. The van der Waals surface area contributed by atoms with Gasteiger partial charge < -0.3 is 16.0 Å². The lowest BCUT2D eigenvalue weighted by molar-refractivity contribution is 0.103. The first kappa shape index (κ1) is 31.4. The molecule has 0 spiro atoms. The average Bonchev–Trinajstić information content (AvgIpc) is 3.49. The van der Waals surface area contributed by atoms with Crippen LogP contribution < -0.4 is 11.1 Å². The van der Waals surface area contributed by atoms with E-state index in [1.807, 2.05) is 6.92 Å². The van der Waals surface area contributed by atoms with Crippen LogP contribution in [0.2, 0.25) is 0 Å². The minimum absolute atomic E-state index is 0. The van der Waals surface area contributed by atoms with E-state index >= 15 is 0 Å². The highest BCUT2D eigenvalue weighted by molar-refractivity contribution is 7.89. The molecular weight excluding hydrogens is 605 g/mol. The van der Waals surface area contributed by atoms with E-state index in [0.29, 0.717) is 18.0 Å². The van der Waals surface area contributed by atoms with Gasteiger partial charge in [-0.15, -0.1) is 24.8 Å². The molecule has 40 heavy (non-hydrogen) atoms. The molecule has 214 valence electrons. The first-order valence-corrected chi connectivity index (χ1v) is 14.0. The number of piperidine rings is 1. The Balaban J connectivity index is 0.00000220. The number of nitrogens with one attached hydrogen (secondary N) is 2. The summed E-state index contributed by atoms with van der Waals surface area (Å²) in [7, 11) is -3.68. The number of nitrogens with two attached hydrogens (primary N) is 1. The van der Waals surface area contributed by atoms with Gasteiger partial charge in [0.15, 0.2) is 5.13 Å². The Morgan fingerprint density at radius 3 is 2.27 bits per heavy atom. The lowest BCUT2D eigenvalue weighted by Gasteiger charge is -2.31. The maximum absolute atomic E-state index is 14.1. The van der Waals surface area contributed by atoms with Gasteiger partial charge in [0.05, 0.1) is 16.2 Å². The third-order valence-electron chi connectivity index (χ3n) is 6.32. The standard InChI is InChI=1S/C25H24F2N6O3S2.2ClH/c1-14-29-13-20(30-14)15-5-7-17(8-6-15)38(35,36)33-11-9-16(10-12-33)31-25-32-24(28)23(37-25)22(34)21-18(26)3-2-4-19(21)27;;/h2-8,13,16H,9-12,28H2,1H3,(H,29,30)(H,31,32);2*1H. The van der Waals surface area contributed by atoms with E-state index in [0.717, 1.165) is 40.6 Å². The van der Waals surface area contributed by atoms with Crippen LogP contribution in [0.1, 0.15) is 33.9 Å². The van der Waals surface area contributed by atoms with E-state index in [9.17, 15) is 22.0 Å². The monoisotopic (exact) mass is 630 g/mol. The number of carbonyl (C=O) groups excluding carboxylic acids is 1. The number of thiazole rings is 1. The van der Waals surface area contributed by atoms with Crippen molar-refractivity contribution in [2.24, 2.45) is 0 Å². The Bertz CT molecular complexity index is 1580. The molecule has 1 fully saturated rings. The summed E-state index contributed by atoms with van der Waals surface area (Å²) in [5, 5.41) is 3.50. The van der Waals surface area contributed by atoms with E-state index < -0.39 is 33.0 Å². The number of aromatic amines is 1. The maximum atomic E-state index is 14.1. The zero-order valence-electron chi connectivity index (χ0n) is 21.1. The van der Waals surface area contributed by atoms with Gasteiger partial charge in [0, 0.05) is 30.9 Å². The van der Waals surface area contributed by atoms with Crippen molar-refractivity contribution in [1.82, 2.24) is 19.3 Å². The number of aryl methyl sites for hydroxylation is 1. The van der Waals surface area contributed by atoms with Crippen LogP contribution >= 0.6 is 36.2 Å². The quantitative estimate of drug-likeness (QED) is 0.243. The Kier molecular flexibility index (Phi) is 9.90.